The van der Waals surface area contributed by atoms with Crippen LogP contribution in [0.4, 0.5) is 31.1 Å². The van der Waals surface area contributed by atoms with E-state index in [2.05, 4.69) is 14.2 Å². The summed E-state index contributed by atoms with van der Waals surface area (Å²) in [6.07, 6.45) is -18.3. The second-order valence-electron chi connectivity index (χ2n) is 3.71. The molecule has 0 fully saturated rings. The summed E-state index contributed by atoms with van der Waals surface area (Å²) >= 11 is 0. The van der Waals surface area contributed by atoms with Crippen LogP contribution in [0.3, 0.4) is 0 Å². The van der Waals surface area contributed by atoms with Gasteiger partial charge in [0.1, 0.15) is 0 Å². The van der Waals surface area contributed by atoms with Crippen molar-refractivity contribution in [3.63, 3.8) is 0 Å². The summed E-state index contributed by atoms with van der Waals surface area (Å²) in [6.45, 7) is 1.66. The van der Waals surface area contributed by atoms with E-state index in [4.69, 9.17) is 0 Å². The van der Waals surface area contributed by atoms with E-state index >= 15 is 0 Å². The minimum absolute atomic E-state index is 0.618. The molecule has 5 nitrogen and oxygen atoms in total. The monoisotopic (exact) mass is 312 g/mol. The van der Waals surface area contributed by atoms with Gasteiger partial charge in [0.2, 0.25) is 6.79 Å². The van der Waals surface area contributed by atoms with Crippen molar-refractivity contribution in [1.29, 1.82) is 0 Å². The van der Waals surface area contributed by atoms with Gasteiger partial charge in [-0.3, -0.25) is 4.79 Å². The number of esters is 1. The molecule has 118 valence electrons. The third-order valence-electron chi connectivity index (χ3n) is 1.66. The van der Waals surface area contributed by atoms with Crippen LogP contribution in [0.2, 0.25) is 0 Å². The molecule has 0 spiro atoms. The quantitative estimate of drug-likeness (QED) is 0.454. The molecular formula is C9H10F6O5. The number of hydrogen-bond donors (Lipinski definition) is 0. The first-order chi connectivity index (χ1) is 8.85. The van der Waals surface area contributed by atoms with Gasteiger partial charge >= 0.3 is 24.5 Å². The lowest BCUT2D eigenvalue weighted by atomic mass is 10.2. The lowest BCUT2D eigenvalue weighted by Crippen LogP contribution is -2.45. The van der Waals surface area contributed by atoms with Gasteiger partial charge < -0.3 is 14.2 Å². The minimum Gasteiger partial charge on any atom is -0.427 e. The van der Waals surface area contributed by atoms with Gasteiger partial charge in [-0.2, -0.15) is 26.3 Å². The van der Waals surface area contributed by atoms with E-state index in [0.29, 0.717) is 0 Å². The molecule has 0 aromatic carbocycles. The van der Waals surface area contributed by atoms with Gasteiger partial charge in [-0.1, -0.05) is 13.8 Å². The van der Waals surface area contributed by atoms with Crippen molar-refractivity contribution in [1.82, 2.24) is 0 Å². The van der Waals surface area contributed by atoms with Crippen LogP contribution in [0, 0.1) is 5.92 Å². The molecular weight excluding hydrogens is 302 g/mol. The highest BCUT2D eigenvalue weighted by molar-refractivity contribution is 5.71. The van der Waals surface area contributed by atoms with E-state index in [9.17, 15) is 35.9 Å². The standard InChI is InChI=1S/C9H10F6O5/c1-4(2)5(16)18-3-19-7(17)20-6(8(10,11)12)9(13,14)15/h4,6H,3H2,1-2H3. The topological polar surface area (TPSA) is 61.8 Å². The maximum absolute atomic E-state index is 12.0. The van der Waals surface area contributed by atoms with E-state index < -0.39 is 43.3 Å². The highest BCUT2D eigenvalue weighted by Crippen LogP contribution is 2.35. The zero-order chi connectivity index (χ0) is 16.1. The lowest BCUT2D eigenvalue weighted by Gasteiger charge is -2.22. The zero-order valence-electron chi connectivity index (χ0n) is 10.2. The molecule has 0 atom stereocenters. The van der Waals surface area contributed by atoms with Gasteiger partial charge in [0.25, 0.3) is 6.10 Å². The number of rotatable bonds is 4. The van der Waals surface area contributed by atoms with Crippen molar-refractivity contribution >= 4 is 12.1 Å². The average Bonchev–Trinajstić information content (AvgIpc) is 2.22. The highest BCUT2D eigenvalue weighted by Gasteiger charge is 2.60. The number of carbonyl (C=O) groups is 2. The van der Waals surface area contributed by atoms with Crippen LogP contribution in [0.1, 0.15) is 13.8 Å². The molecule has 0 aliphatic carbocycles. The maximum atomic E-state index is 12.0. The first-order valence-corrected chi connectivity index (χ1v) is 4.99. The van der Waals surface area contributed by atoms with Gasteiger partial charge in [-0.05, 0) is 0 Å². The fraction of sp³-hybridized carbons (Fsp3) is 0.778. The molecule has 0 aromatic rings. The molecule has 0 saturated carbocycles. The summed E-state index contributed by atoms with van der Waals surface area (Å²) in [7, 11) is 0. The molecule has 0 N–H and O–H groups in total. The predicted molar refractivity (Wildman–Crippen MR) is 49.3 cm³/mol. The molecule has 0 heterocycles. The largest absolute Gasteiger partial charge is 0.512 e. The summed E-state index contributed by atoms with van der Waals surface area (Å²) in [6, 6.07) is 0. The number of alkyl halides is 6. The van der Waals surface area contributed by atoms with Gasteiger partial charge in [0, 0.05) is 0 Å². The Kier molecular flexibility index (Phi) is 6.10. The molecule has 0 saturated heterocycles. The number of ether oxygens (including phenoxy) is 3. The van der Waals surface area contributed by atoms with Gasteiger partial charge in [-0.25, -0.2) is 4.79 Å². The first kappa shape index (κ1) is 18.3. The van der Waals surface area contributed by atoms with Crippen molar-refractivity contribution in [2.75, 3.05) is 6.79 Å². The van der Waals surface area contributed by atoms with Crippen LogP contribution in [-0.4, -0.2) is 37.4 Å². The molecule has 0 radical (unpaired) electrons. The number of hydrogen-bond acceptors (Lipinski definition) is 5. The third-order valence-corrected chi connectivity index (χ3v) is 1.66. The van der Waals surface area contributed by atoms with Crippen LogP contribution in [0.5, 0.6) is 0 Å². The summed E-state index contributed by atoms with van der Waals surface area (Å²) in [5.41, 5.74) is 0. The van der Waals surface area contributed by atoms with Gasteiger partial charge in [0.05, 0.1) is 5.92 Å². The third kappa shape index (κ3) is 6.48. The predicted octanol–water partition coefficient (Wildman–Crippen LogP) is 2.79. The number of halogens is 6. The van der Waals surface area contributed by atoms with Crippen molar-refractivity contribution in [2.24, 2.45) is 5.92 Å². The van der Waals surface area contributed by atoms with Crippen LogP contribution in [-0.2, 0) is 19.0 Å². The Bertz CT molecular complexity index is 334. The van der Waals surface area contributed by atoms with Crippen LogP contribution in [0.25, 0.3) is 0 Å². The summed E-state index contributed by atoms with van der Waals surface area (Å²) in [5.74, 6) is -1.48. The molecule has 0 amide bonds. The van der Waals surface area contributed by atoms with E-state index in [-0.39, 0.29) is 0 Å². The van der Waals surface area contributed by atoms with Crippen molar-refractivity contribution in [3.05, 3.63) is 0 Å². The highest BCUT2D eigenvalue weighted by atomic mass is 19.4. The molecule has 0 aliphatic rings. The van der Waals surface area contributed by atoms with Crippen LogP contribution < -0.4 is 0 Å². The normalized spacial score (nSPS) is 12.5. The van der Waals surface area contributed by atoms with Gasteiger partial charge in [0.15, 0.2) is 0 Å². The molecule has 0 aromatic heterocycles. The zero-order valence-corrected chi connectivity index (χ0v) is 10.2. The summed E-state index contributed by atoms with van der Waals surface area (Å²) in [5, 5.41) is 0. The van der Waals surface area contributed by atoms with Crippen LogP contribution in [0.15, 0.2) is 0 Å². The minimum atomic E-state index is -5.84. The Balaban J connectivity index is 4.40. The van der Waals surface area contributed by atoms with Crippen molar-refractivity contribution in [3.8, 4) is 0 Å². The Labute approximate surface area is 108 Å². The smallest absolute Gasteiger partial charge is 0.427 e. The second-order valence-corrected chi connectivity index (χ2v) is 3.71. The molecule has 20 heavy (non-hydrogen) atoms. The maximum Gasteiger partial charge on any atom is 0.512 e. The Hall–Kier alpha value is -1.68. The first-order valence-electron chi connectivity index (χ1n) is 4.99. The SMILES string of the molecule is CC(C)C(=O)OCOC(=O)OC(C(F)(F)F)C(F)(F)F. The summed E-state index contributed by atoms with van der Waals surface area (Å²) < 4.78 is 83.1. The van der Waals surface area contributed by atoms with E-state index in [1.807, 2.05) is 0 Å². The van der Waals surface area contributed by atoms with E-state index in [1.165, 1.54) is 13.8 Å². The van der Waals surface area contributed by atoms with Crippen LogP contribution >= 0.6 is 0 Å². The summed E-state index contributed by atoms with van der Waals surface area (Å²) in [4.78, 5) is 21.5. The lowest BCUT2D eigenvalue weighted by molar-refractivity contribution is -0.311. The number of carbonyl (C=O) groups excluding carboxylic acids is 2. The molecule has 0 rings (SSSR count). The fourth-order valence-corrected chi connectivity index (χ4v) is 0.752. The van der Waals surface area contributed by atoms with E-state index in [1.54, 1.807) is 0 Å². The van der Waals surface area contributed by atoms with Crippen molar-refractivity contribution in [2.45, 2.75) is 32.3 Å². The fourth-order valence-electron chi connectivity index (χ4n) is 0.752. The average molecular weight is 312 g/mol. The van der Waals surface area contributed by atoms with E-state index in [0.717, 1.165) is 0 Å². The second kappa shape index (κ2) is 6.66. The van der Waals surface area contributed by atoms with Crippen molar-refractivity contribution < 1.29 is 50.1 Å². The molecule has 11 heteroatoms. The molecule has 0 bridgehead atoms. The Morgan fingerprint density at radius 1 is 0.950 bits per heavy atom. The molecule has 0 unspecified atom stereocenters. The Morgan fingerprint density at radius 2 is 1.40 bits per heavy atom. The Morgan fingerprint density at radius 3 is 1.75 bits per heavy atom. The van der Waals surface area contributed by atoms with Gasteiger partial charge in [-0.15, -0.1) is 0 Å². The molecule has 0 aliphatic heterocycles.